The molecule has 1 aromatic heterocycles. The Hall–Kier alpha value is -2.68. The van der Waals surface area contributed by atoms with Gasteiger partial charge < -0.3 is 0 Å². The molecule has 0 saturated heterocycles. The molecule has 136 valence electrons. The third-order valence-electron chi connectivity index (χ3n) is 3.67. The highest BCUT2D eigenvalue weighted by Crippen LogP contribution is 2.36. The van der Waals surface area contributed by atoms with Crippen LogP contribution in [0.2, 0.25) is 0 Å². The Labute approximate surface area is 146 Å². The number of hydrogen-bond acceptors (Lipinski definition) is 3. The number of sulfone groups is 1. The summed E-state index contributed by atoms with van der Waals surface area (Å²) in [6.45, 7) is 0.387. The molecule has 0 aliphatic carbocycles. The minimum Gasteiger partial charge on any atom is -0.268 e. The van der Waals surface area contributed by atoms with Crippen molar-refractivity contribution >= 4 is 9.84 Å². The molecule has 0 aliphatic rings. The van der Waals surface area contributed by atoms with Crippen molar-refractivity contribution in [1.29, 1.82) is 0 Å². The third-order valence-corrected chi connectivity index (χ3v) is 5.50. The maximum Gasteiger partial charge on any atom is 0.417 e. The van der Waals surface area contributed by atoms with Crippen LogP contribution in [0.4, 0.5) is 17.6 Å². The molecular weight excluding hydrogens is 372 g/mol. The second-order valence-electron chi connectivity index (χ2n) is 5.49. The first kappa shape index (κ1) is 18.1. The fraction of sp³-hybridized carbons (Fsp3) is 0.118. The molecule has 0 spiro atoms. The van der Waals surface area contributed by atoms with E-state index in [0.717, 1.165) is 5.56 Å². The summed E-state index contributed by atoms with van der Waals surface area (Å²) in [6.07, 6.45) is -1.69. The lowest BCUT2D eigenvalue weighted by atomic mass is 10.2. The molecule has 0 amide bonds. The second-order valence-corrected chi connectivity index (χ2v) is 7.41. The average Bonchev–Trinajstić information content (AvgIpc) is 3.07. The number of rotatable bonds is 4. The summed E-state index contributed by atoms with van der Waals surface area (Å²) in [4.78, 5) is -1.29. The quantitative estimate of drug-likeness (QED) is 0.506. The molecule has 1 heterocycles. The maximum atomic E-state index is 13.2. The Bertz CT molecular complexity index is 1010. The lowest BCUT2D eigenvalue weighted by molar-refractivity contribution is -0.140. The first-order valence-electron chi connectivity index (χ1n) is 7.36. The van der Waals surface area contributed by atoms with Crippen molar-refractivity contribution in [3.63, 3.8) is 0 Å². The molecule has 0 N–H and O–H groups in total. The van der Waals surface area contributed by atoms with Gasteiger partial charge >= 0.3 is 6.18 Å². The molecule has 4 nitrogen and oxygen atoms in total. The van der Waals surface area contributed by atoms with Crippen LogP contribution in [-0.2, 0) is 22.6 Å². The van der Waals surface area contributed by atoms with Crippen LogP contribution >= 0.6 is 0 Å². The normalized spacial score (nSPS) is 12.3. The summed E-state index contributed by atoms with van der Waals surface area (Å²) in [5, 5.41) is 4.02. The van der Waals surface area contributed by atoms with E-state index in [2.05, 4.69) is 5.10 Å². The minimum atomic E-state index is -5.00. The van der Waals surface area contributed by atoms with Crippen LogP contribution in [0.1, 0.15) is 11.1 Å². The summed E-state index contributed by atoms with van der Waals surface area (Å²) < 4.78 is 79.3. The van der Waals surface area contributed by atoms with Gasteiger partial charge in [0.15, 0.2) is 0 Å². The van der Waals surface area contributed by atoms with Crippen molar-refractivity contribution in [3.05, 3.63) is 77.9 Å². The van der Waals surface area contributed by atoms with Gasteiger partial charge in [-0.2, -0.15) is 18.3 Å². The highest BCUT2D eigenvalue weighted by molar-refractivity contribution is 7.91. The van der Waals surface area contributed by atoms with Crippen molar-refractivity contribution in [3.8, 4) is 0 Å². The molecular formula is C17H12F4N2O2S. The zero-order chi connectivity index (χ0) is 18.9. The van der Waals surface area contributed by atoms with Crippen molar-refractivity contribution in [2.45, 2.75) is 22.5 Å². The molecule has 0 unspecified atom stereocenters. The zero-order valence-electron chi connectivity index (χ0n) is 13.1. The lowest BCUT2D eigenvalue weighted by Gasteiger charge is -2.14. The van der Waals surface area contributed by atoms with Crippen LogP contribution in [0, 0.1) is 5.82 Å². The minimum absolute atomic E-state index is 0.180. The van der Waals surface area contributed by atoms with Crippen molar-refractivity contribution < 1.29 is 26.0 Å². The van der Waals surface area contributed by atoms with E-state index in [4.69, 9.17) is 0 Å². The molecule has 0 bridgehead atoms. The number of alkyl halides is 3. The van der Waals surface area contributed by atoms with Gasteiger partial charge in [-0.25, -0.2) is 12.8 Å². The molecule has 0 radical (unpaired) electrons. The Morgan fingerprint density at radius 1 is 1.04 bits per heavy atom. The van der Waals surface area contributed by atoms with Crippen LogP contribution in [0.25, 0.3) is 0 Å². The smallest absolute Gasteiger partial charge is 0.268 e. The summed E-state index contributed by atoms with van der Waals surface area (Å²) in [7, 11) is -4.46. The van der Waals surface area contributed by atoms with E-state index >= 15 is 0 Å². The van der Waals surface area contributed by atoms with E-state index in [1.807, 2.05) is 0 Å². The molecule has 9 heteroatoms. The molecule has 3 aromatic rings. The Balaban J connectivity index is 1.99. The average molecular weight is 384 g/mol. The van der Waals surface area contributed by atoms with E-state index in [9.17, 15) is 26.0 Å². The van der Waals surface area contributed by atoms with Crippen molar-refractivity contribution in [2.75, 3.05) is 0 Å². The van der Waals surface area contributed by atoms with Gasteiger partial charge in [0, 0.05) is 12.4 Å². The van der Waals surface area contributed by atoms with Crippen LogP contribution in [0.3, 0.4) is 0 Å². The molecule has 2 aromatic carbocycles. The first-order valence-corrected chi connectivity index (χ1v) is 8.84. The Kier molecular flexibility index (Phi) is 4.57. The SMILES string of the molecule is O=S(=O)(c1ccc(Cn2cccn2)cc1)c1ccc(F)cc1C(F)(F)F. The third kappa shape index (κ3) is 3.62. The second kappa shape index (κ2) is 6.56. The summed E-state index contributed by atoms with van der Waals surface area (Å²) in [6, 6.07) is 8.65. The summed E-state index contributed by atoms with van der Waals surface area (Å²) in [5.74, 6) is -1.16. The molecule has 0 aliphatic heterocycles. The number of benzene rings is 2. The number of halogens is 4. The summed E-state index contributed by atoms with van der Waals surface area (Å²) >= 11 is 0. The highest BCUT2D eigenvalue weighted by Gasteiger charge is 2.38. The van der Waals surface area contributed by atoms with Crippen molar-refractivity contribution in [1.82, 2.24) is 9.78 Å². The predicted octanol–water partition coefficient (Wildman–Crippen LogP) is 3.92. The molecule has 0 saturated carbocycles. The van der Waals surface area contributed by atoms with Gasteiger partial charge in [0.2, 0.25) is 9.84 Å². The summed E-state index contributed by atoms with van der Waals surface area (Å²) in [5.41, 5.74) is -0.805. The monoisotopic (exact) mass is 384 g/mol. The topological polar surface area (TPSA) is 52.0 Å². The van der Waals surface area contributed by atoms with Gasteiger partial charge in [0.05, 0.1) is 21.9 Å². The Morgan fingerprint density at radius 2 is 1.73 bits per heavy atom. The van der Waals surface area contributed by atoms with Gasteiger partial charge in [-0.05, 0) is 42.0 Å². The van der Waals surface area contributed by atoms with E-state index in [0.29, 0.717) is 18.7 Å². The van der Waals surface area contributed by atoms with Gasteiger partial charge in [-0.15, -0.1) is 0 Å². The lowest BCUT2D eigenvalue weighted by Crippen LogP contribution is -2.14. The van der Waals surface area contributed by atoms with Crippen molar-refractivity contribution in [2.24, 2.45) is 0 Å². The fourth-order valence-corrected chi connectivity index (χ4v) is 3.90. The van der Waals surface area contributed by atoms with Gasteiger partial charge in [-0.3, -0.25) is 4.68 Å². The zero-order valence-corrected chi connectivity index (χ0v) is 13.9. The molecule has 3 rings (SSSR count). The molecule has 0 atom stereocenters. The van der Waals surface area contributed by atoms with E-state index in [-0.39, 0.29) is 11.0 Å². The van der Waals surface area contributed by atoms with E-state index in [1.54, 1.807) is 23.1 Å². The van der Waals surface area contributed by atoms with Crippen LogP contribution < -0.4 is 0 Å². The van der Waals surface area contributed by atoms with Gasteiger partial charge in [-0.1, -0.05) is 12.1 Å². The number of hydrogen-bond donors (Lipinski definition) is 0. The predicted molar refractivity (Wildman–Crippen MR) is 84.6 cm³/mol. The van der Waals surface area contributed by atoms with Crippen LogP contribution in [0.5, 0.6) is 0 Å². The standard InChI is InChI=1S/C17H12F4N2O2S/c18-13-4-7-16(15(10-13)17(19,20)21)26(24,25)14-5-2-12(3-6-14)11-23-9-1-8-22-23/h1-10H,11H2. The number of aromatic nitrogens is 2. The van der Waals surface area contributed by atoms with E-state index in [1.165, 1.54) is 24.3 Å². The van der Waals surface area contributed by atoms with Crippen LogP contribution in [0.15, 0.2) is 70.7 Å². The first-order chi connectivity index (χ1) is 12.2. The number of nitrogens with zero attached hydrogens (tertiary/aromatic N) is 2. The largest absolute Gasteiger partial charge is 0.417 e. The molecule has 26 heavy (non-hydrogen) atoms. The highest BCUT2D eigenvalue weighted by atomic mass is 32.2. The molecule has 0 fully saturated rings. The maximum absolute atomic E-state index is 13.2. The van der Waals surface area contributed by atoms with Gasteiger partial charge in [0.1, 0.15) is 5.82 Å². The van der Waals surface area contributed by atoms with Crippen LogP contribution in [-0.4, -0.2) is 18.2 Å². The fourth-order valence-electron chi connectivity index (χ4n) is 2.44. The van der Waals surface area contributed by atoms with E-state index < -0.39 is 32.3 Å². The Morgan fingerprint density at radius 3 is 2.31 bits per heavy atom. The van der Waals surface area contributed by atoms with Gasteiger partial charge in [0.25, 0.3) is 0 Å².